The largest absolute Gasteiger partial charge is 0.387 e. The van der Waals surface area contributed by atoms with E-state index in [4.69, 9.17) is 0 Å². The summed E-state index contributed by atoms with van der Waals surface area (Å²) in [6, 6.07) is 5.89. The van der Waals surface area contributed by atoms with Crippen LogP contribution in [0.2, 0.25) is 0 Å². The van der Waals surface area contributed by atoms with Crippen molar-refractivity contribution in [2.45, 2.75) is 45.8 Å². The number of aliphatic hydroxyl groups is 2. The number of hydrogen-bond acceptors (Lipinski definition) is 2. The summed E-state index contributed by atoms with van der Waals surface area (Å²) in [4.78, 5) is 0. The maximum absolute atomic E-state index is 10.0. The van der Waals surface area contributed by atoms with Gasteiger partial charge in [-0.3, -0.25) is 0 Å². The molecule has 15 heavy (non-hydrogen) atoms. The van der Waals surface area contributed by atoms with Crippen molar-refractivity contribution < 1.29 is 10.2 Å². The van der Waals surface area contributed by atoms with Crippen LogP contribution >= 0.6 is 0 Å². The fraction of sp³-hybridized carbons (Fsp3) is 0.538. The lowest BCUT2D eigenvalue weighted by atomic mass is 9.89. The van der Waals surface area contributed by atoms with Crippen molar-refractivity contribution in [3.8, 4) is 0 Å². The van der Waals surface area contributed by atoms with Crippen molar-refractivity contribution in [3.63, 3.8) is 0 Å². The van der Waals surface area contributed by atoms with Gasteiger partial charge in [-0.05, 0) is 32.8 Å². The highest BCUT2D eigenvalue weighted by molar-refractivity contribution is 5.31. The zero-order valence-electron chi connectivity index (χ0n) is 9.91. The molecule has 0 aliphatic rings. The number of aryl methyl sites for hydroxylation is 2. The van der Waals surface area contributed by atoms with Gasteiger partial charge >= 0.3 is 0 Å². The van der Waals surface area contributed by atoms with Crippen LogP contribution in [0.5, 0.6) is 0 Å². The van der Waals surface area contributed by atoms with E-state index < -0.39 is 11.7 Å². The van der Waals surface area contributed by atoms with Gasteiger partial charge in [-0.2, -0.15) is 0 Å². The maximum Gasteiger partial charge on any atom is 0.107 e. The molecule has 1 rings (SSSR count). The van der Waals surface area contributed by atoms with E-state index >= 15 is 0 Å². The minimum absolute atomic E-state index is 0.529. The van der Waals surface area contributed by atoms with Gasteiger partial charge in [0, 0.05) is 0 Å². The Morgan fingerprint density at radius 1 is 1.20 bits per heavy atom. The van der Waals surface area contributed by atoms with Gasteiger partial charge in [-0.25, -0.2) is 0 Å². The first-order chi connectivity index (χ1) is 6.86. The molecule has 2 heteroatoms. The second-order valence-corrected chi connectivity index (χ2v) is 4.53. The summed E-state index contributed by atoms with van der Waals surface area (Å²) in [7, 11) is 0. The van der Waals surface area contributed by atoms with E-state index in [-0.39, 0.29) is 0 Å². The predicted octanol–water partition coefficient (Wildman–Crippen LogP) is 2.50. The number of hydrogen-bond donors (Lipinski definition) is 2. The molecule has 1 aromatic carbocycles. The van der Waals surface area contributed by atoms with Gasteiger partial charge in [0.05, 0.1) is 5.60 Å². The van der Waals surface area contributed by atoms with Crippen LogP contribution in [0.1, 0.15) is 43.1 Å². The van der Waals surface area contributed by atoms with Crippen molar-refractivity contribution >= 4 is 0 Å². The van der Waals surface area contributed by atoms with Gasteiger partial charge in [0.15, 0.2) is 0 Å². The van der Waals surface area contributed by atoms with Crippen LogP contribution in [0.4, 0.5) is 0 Å². The van der Waals surface area contributed by atoms with Crippen LogP contribution in [0.3, 0.4) is 0 Å². The highest BCUT2D eigenvalue weighted by Gasteiger charge is 2.29. The minimum Gasteiger partial charge on any atom is -0.387 e. The summed E-state index contributed by atoms with van der Waals surface area (Å²) in [6.45, 7) is 7.51. The first kappa shape index (κ1) is 12.2. The highest BCUT2D eigenvalue weighted by atomic mass is 16.3. The molecular formula is C13H20O2. The van der Waals surface area contributed by atoms with Crippen LogP contribution in [-0.2, 0) is 0 Å². The topological polar surface area (TPSA) is 40.5 Å². The molecule has 2 unspecified atom stereocenters. The monoisotopic (exact) mass is 208 g/mol. The molecule has 0 aliphatic carbocycles. The van der Waals surface area contributed by atoms with E-state index in [9.17, 15) is 10.2 Å². The molecule has 0 radical (unpaired) electrons. The molecule has 84 valence electrons. The third kappa shape index (κ3) is 2.80. The van der Waals surface area contributed by atoms with E-state index in [1.807, 2.05) is 32.9 Å². The van der Waals surface area contributed by atoms with Crippen LogP contribution in [-0.4, -0.2) is 15.8 Å². The maximum atomic E-state index is 10.0. The molecule has 2 N–H and O–H groups in total. The molecule has 0 heterocycles. The smallest absolute Gasteiger partial charge is 0.107 e. The van der Waals surface area contributed by atoms with Gasteiger partial charge in [0.25, 0.3) is 0 Å². The lowest BCUT2D eigenvalue weighted by Crippen LogP contribution is -2.31. The summed E-state index contributed by atoms with van der Waals surface area (Å²) < 4.78 is 0. The molecule has 0 bridgehead atoms. The van der Waals surface area contributed by atoms with Crippen LogP contribution in [0.25, 0.3) is 0 Å². The number of aliphatic hydroxyl groups excluding tert-OH is 1. The Hall–Kier alpha value is -0.860. The summed E-state index contributed by atoms with van der Waals surface area (Å²) in [5, 5.41) is 20.0. The third-order valence-corrected chi connectivity index (χ3v) is 2.86. The summed E-state index contributed by atoms with van der Waals surface area (Å²) in [6.07, 6.45) is -0.290. The Morgan fingerprint density at radius 3 is 2.07 bits per heavy atom. The molecular weight excluding hydrogens is 188 g/mol. The fourth-order valence-corrected chi connectivity index (χ4v) is 1.72. The van der Waals surface area contributed by atoms with Crippen LogP contribution in [0.15, 0.2) is 18.2 Å². The Kier molecular flexibility index (Phi) is 3.53. The average Bonchev–Trinajstić information content (AvgIpc) is 2.15. The zero-order valence-corrected chi connectivity index (χ0v) is 9.91. The van der Waals surface area contributed by atoms with Gasteiger partial charge in [0.1, 0.15) is 6.10 Å². The quantitative estimate of drug-likeness (QED) is 0.801. The van der Waals surface area contributed by atoms with Crippen molar-refractivity contribution in [1.82, 2.24) is 0 Å². The normalized spacial score (nSPS) is 17.2. The van der Waals surface area contributed by atoms with Crippen LogP contribution < -0.4 is 0 Å². The average molecular weight is 208 g/mol. The van der Waals surface area contributed by atoms with Crippen molar-refractivity contribution in [3.05, 3.63) is 34.9 Å². The lowest BCUT2D eigenvalue weighted by molar-refractivity contribution is -0.0659. The zero-order chi connectivity index (χ0) is 11.6. The van der Waals surface area contributed by atoms with E-state index in [1.165, 1.54) is 0 Å². The highest BCUT2D eigenvalue weighted by Crippen LogP contribution is 2.29. The Bertz CT molecular complexity index is 322. The molecule has 0 saturated heterocycles. The molecule has 0 spiro atoms. The van der Waals surface area contributed by atoms with E-state index in [0.29, 0.717) is 6.42 Å². The van der Waals surface area contributed by atoms with E-state index in [0.717, 1.165) is 16.7 Å². The Balaban J connectivity index is 3.06. The van der Waals surface area contributed by atoms with Gasteiger partial charge in [-0.15, -0.1) is 0 Å². The van der Waals surface area contributed by atoms with E-state index in [1.54, 1.807) is 6.92 Å². The van der Waals surface area contributed by atoms with Gasteiger partial charge in [-0.1, -0.05) is 36.2 Å². The third-order valence-electron chi connectivity index (χ3n) is 2.86. The molecule has 2 nitrogen and oxygen atoms in total. The lowest BCUT2D eigenvalue weighted by Gasteiger charge is -2.28. The van der Waals surface area contributed by atoms with Gasteiger partial charge in [0.2, 0.25) is 0 Å². The molecule has 0 aliphatic heterocycles. The number of rotatable bonds is 3. The van der Waals surface area contributed by atoms with Crippen molar-refractivity contribution in [2.24, 2.45) is 0 Å². The Morgan fingerprint density at radius 2 is 1.67 bits per heavy atom. The van der Waals surface area contributed by atoms with Crippen molar-refractivity contribution in [1.29, 1.82) is 0 Å². The first-order valence-electron chi connectivity index (χ1n) is 5.35. The molecule has 1 aromatic rings. The number of benzene rings is 1. The standard InChI is InChI=1S/C13H20O2/c1-5-13(4,15)12(14)11-7-9(2)6-10(3)8-11/h6-8,12,14-15H,5H2,1-4H3. The molecule has 0 saturated carbocycles. The fourth-order valence-electron chi connectivity index (χ4n) is 1.72. The van der Waals surface area contributed by atoms with Gasteiger partial charge < -0.3 is 10.2 Å². The summed E-state index contributed by atoms with van der Waals surface area (Å²) in [5.41, 5.74) is 1.95. The summed E-state index contributed by atoms with van der Waals surface area (Å²) >= 11 is 0. The SMILES string of the molecule is CCC(C)(O)C(O)c1cc(C)cc(C)c1. The first-order valence-corrected chi connectivity index (χ1v) is 5.35. The van der Waals surface area contributed by atoms with Crippen molar-refractivity contribution in [2.75, 3.05) is 0 Å². The molecule has 0 fully saturated rings. The molecule has 0 aromatic heterocycles. The second kappa shape index (κ2) is 4.33. The molecule has 0 amide bonds. The minimum atomic E-state index is -1.06. The second-order valence-electron chi connectivity index (χ2n) is 4.53. The van der Waals surface area contributed by atoms with Crippen LogP contribution in [0, 0.1) is 13.8 Å². The molecule has 2 atom stereocenters. The van der Waals surface area contributed by atoms with E-state index in [2.05, 4.69) is 6.07 Å². The predicted molar refractivity (Wildman–Crippen MR) is 61.8 cm³/mol. The Labute approximate surface area is 91.6 Å². The summed E-state index contributed by atoms with van der Waals surface area (Å²) in [5.74, 6) is 0.